The Labute approximate surface area is 114 Å². The summed E-state index contributed by atoms with van der Waals surface area (Å²) in [6, 6.07) is 11.1. The van der Waals surface area contributed by atoms with E-state index in [1.54, 1.807) is 6.07 Å². The van der Waals surface area contributed by atoms with Gasteiger partial charge in [0.05, 0.1) is 23.7 Å². The van der Waals surface area contributed by atoms with Gasteiger partial charge in [-0.25, -0.2) is 8.78 Å². The van der Waals surface area contributed by atoms with Crippen LogP contribution in [0.25, 0.3) is 0 Å². The molecule has 5 heteroatoms. The molecule has 0 fully saturated rings. The summed E-state index contributed by atoms with van der Waals surface area (Å²) in [4.78, 5) is 11.7. The third-order valence-electron chi connectivity index (χ3n) is 2.65. The second-order valence-corrected chi connectivity index (χ2v) is 4.16. The molecule has 0 aliphatic rings. The van der Waals surface area contributed by atoms with Crippen molar-refractivity contribution in [1.29, 1.82) is 5.26 Å². The molecule has 100 valence electrons. The largest absolute Gasteiger partial charge is 0.323 e. The number of anilines is 1. The van der Waals surface area contributed by atoms with Crippen molar-refractivity contribution in [2.45, 2.75) is 6.42 Å². The Balaban J connectivity index is 2.05. The van der Waals surface area contributed by atoms with Crippen molar-refractivity contribution in [3.63, 3.8) is 0 Å². The first-order valence-electron chi connectivity index (χ1n) is 5.82. The highest BCUT2D eigenvalue weighted by atomic mass is 19.1. The number of halogens is 2. The van der Waals surface area contributed by atoms with E-state index in [2.05, 4.69) is 5.32 Å². The van der Waals surface area contributed by atoms with Crippen LogP contribution in [0.3, 0.4) is 0 Å². The van der Waals surface area contributed by atoms with Gasteiger partial charge in [-0.1, -0.05) is 12.1 Å². The summed E-state index contributed by atoms with van der Waals surface area (Å²) in [5.74, 6) is -1.47. The molecule has 0 aliphatic carbocycles. The first-order chi connectivity index (χ1) is 9.58. The second-order valence-electron chi connectivity index (χ2n) is 4.16. The van der Waals surface area contributed by atoms with Crippen molar-refractivity contribution in [2.24, 2.45) is 0 Å². The molecule has 0 heterocycles. The molecule has 2 aromatic carbocycles. The Hall–Kier alpha value is -2.74. The monoisotopic (exact) mass is 272 g/mol. The number of nitrogens with zero attached hydrogens (tertiary/aromatic N) is 1. The molecule has 2 aromatic rings. The van der Waals surface area contributed by atoms with Gasteiger partial charge in [-0.3, -0.25) is 4.79 Å². The number of benzene rings is 2. The highest BCUT2D eigenvalue weighted by Gasteiger charge is 2.08. The fourth-order valence-corrected chi connectivity index (χ4v) is 1.67. The van der Waals surface area contributed by atoms with Gasteiger partial charge >= 0.3 is 0 Å². The Bertz CT molecular complexity index is 675. The third-order valence-corrected chi connectivity index (χ3v) is 2.65. The first kappa shape index (κ1) is 13.7. The Morgan fingerprint density at radius 2 is 1.85 bits per heavy atom. The maximum absolute atomic E-state index is 13.6. The number of rotatable bonds is 3. The number of amides is 1. The number of carbonyl (C=O) groups is 1. The van der Waals surface area contributed by atoms with Crippen LogP contribution in [0.5, 0.6) is 0 Å². The van der Waals surface area contributed by atoms with Crippen LogP contribution in [0, 0.1) is 23.0 Å². The molecule has 20 heavy (non-hydrogen) atoms. The molecule has 0 aromatic heterocycles. The highest BCUT2D eigenvalue weighted by molar-refractivity contribution is 5.92. The average Bonchev–Trinajstić information content (AvgIpc) is 2.43. The Morgan fingerprint density at radius 1 is 1.15 bits per heavy atom. The third kappa shape index (κ3) is 3.39. The van der Waals surface area contributed by atoms with E-state index in [0.29, 0.717) is 5.56 Å². The van der Waals surface area contributed by atoms with Crippen molar-refractivity contribution >= 4 is 11.6 Å². The lowest BCUT2D eigenvalue weighted by atomic mass is 10.1. The molecule has 1 N–H and O–H groups in total. The number of nitriles is 1. The molecule has 0 spiro atoms. The van der Waals surface area contributed by atoms with Crippen molar-refractivity contribution in [3.05, 3.63) is 65.2 Å². The van der Waals surface area contributed by atoms with Gasteiger partial charge in [0.1, 0.15) is 11.6 Å². The van der Waals surface area contributed by atoms with E-state index < -0.39 is 11.7 Å². The molecule has 0 atom stereocenters. The standard InChI is InChI=1S/C15H10F2N2O/c16-12-4-1-10(2-5-12)8-15(20)19-14-6-3-11(9-18)7-13(14)17/h1-7H,8H2,(H,19,20). The zero-order valence-corrected chi connectivity index (χ0v) is 10.4. The van der Waals surface area contributed by atoms with Gasteiger partial charge in [-0.15, -0.1) is 0 Å². The lowest BCUT2D eigenvalue weighted by Gasteiger charge is -2.06. The van der Waals surface area contributed by atoms with Gasteiger partial charge in [-0.2, -0.15) is 5.26 Å². The molecular weight excluding hydrogens is 262 g/mol. The second kappa shape index (κ2) is 5.93. The van der Waals surface area contributed by atoms with Crippen molar-refractivity contribution in [2.75, 3.05) is 5.32 Å². The number of hydrogen-bond acceptors (Lipinski definition) is 2. The van der Waals surface area contributed by atoms with Crippen LogP contribution in [0.1, 0.15) is 11.1 Å². The quantitative estimate of drug-likeness (QED) is 0.933. The summed E-state index contributed by atoms with van der Waals surface area (Å²) >= 11 is 0. The van der Waals surface area contributed by atoms with Gasteiger partial charge in [0.2, 0.25) is 5.91 Å². The zero-order chi connectivity index (χ0) is 14.5. The van der Waals surface area contributed by atoms with Gasteiger partial charge in [0.15, 0.2) is 0 Å². The lowest BCUT2D eigenvalue weighted by molar-refractivity contribution is -0.115. The molecule has 3 nitrogen and oxygen atoms in total. The SMILES string of the molecule is N#Cc1ccc(NC(=O)Cc2ccc(F)cc2)c(F)c1. The predicted octanol–water partition coefficient (Wildman–Crippen LogP) is 3.02. The topological polar surface area (TPSA) is 52.9 Å². The highest BCUT2D eigenvalue weighted by Crippen LogP contribution is 2.16. The van der Waals surface area contributed by atoms with E-state index in [-0.39, 0.29) is 23.5 Å². The Kier molecular flexibility index (Phi) is 4.06. The van der Waals surface area contributed by atoms with E-state index in [0.717, 1.165) is 6.07 Å². The number of carbonyl (C=O) groups excluding carboxylic acids is 1. The smallest absolute Gasteiger partial charge is 0.228 e. The molecule has 0 saturated carbocycles. The van der Waals surface area contributed by atoms with Crippen LogP contribution in [-0.2, 0) is 11.2 Å². The molecule has 0 saturated heterocycles. The van der Waals surface area contributed by atoms with Crippen LogP contribution in [-0.4, -0.2) is 5.91 Å². The molecule has 0 aliphatic heterocycles. The minimum Gasteiger partial charge on any atom is -0.323 e. The molecule has 2 rings (SSSR count). The van der Waals surface area contributed by atoms with Crippen LogP contribution in [0.2, 0.25) is 0 Å². The van der Waals surface area contributed by atoms with Gasteiger partial charge < -0.3 is 5.32 Å². The van der Waals surface area contributed by atoms with Crippen LogP contribution >= 0.6 is 0 Å². The van der Waals surface area contributed by atoms with E-state index in [9.17, 15) is 13.6 Å². The minimum atomic E-state index is -0.670. The predicted molar refractivity (Wildman–Crippen MR) is 69.8 cm³/mol. The number of hydrogen-bond donors (Lipinski definition) is 1. The summed E-state index contributed by atoms with van der Waals surface area (Å²) in [5.41, 5.74) is 0.813. The average molecular weight is 272 g/mol. The maximum Gasteiger partial charge on any atom is 0.228 e. The molecule has 0 unspecified atom stereocenters. The van der Waals surface area contributed by atoms with Crippen LogP contribution in [0.4, 0.5) is 14.5 Å². The molecular formula is C15H10F2N2O. The summed E-state index contributed by atoms with van der Waals surface area (Å²) < 4.78 is 26.3. The molecule has 0 bridgehead atoms. The zero-order valence-electron chi connectivity index (χ0n) is 10.4. The summed E-state index contributed by atoms with van der Waals surface area (Å²) in [5, 5.41) is 11.0. The minimum absolute atomic E-state index is 0.0103. The fraction of sp³-hybridized carbons (Fsp3) is 0.0667. The fourth-order valence-electron chi connectivity index (χ4n) is 1.67. The van der Waals surface area contributed by atoms with E-state index in [1.807, 2.05) is 0 Å². The Morgan fingerprint density at radius 3 is 2.45 bits per heavy atom. The molecule has 0 radical (unpaired) electrons. The normalized spacial score (nSPS) is 9.85. The van der Waals surface area contributed by atoms with Crippen molar-refractivity contribution in [1.82, 2.24) is 0 Å². The molecule has 1 amide bonds. The van der Waals surface area contributed by atoms with E-state index in [4.69, 9.17) is 5.26 Å². The van der Waals surface area contributed by atoms with E-state index in [1.165, 1.54) is 36.4 Å². The van der Waals surface area contributed by atoms with E-state index >= 15 is 0 Å². The first-order valence-corrected chi connectivity index (χ1v) is 5.82. The van der Waals surface area contributed by atoms with Gasteiger partial charge in [0, 0.05) is 0 Å². The summed E-state index contributed by atoms with van der Waals surface area (Å²) in [6.07, 6.45) is 0.0136. The van der Waals surface area contributed by atoms with Crippen molar-refractivity contribution < 1.29 is 13.6 Å². The lowest BCUT2D eigenvalue weighted by Crippen LogP contribution is -2.15. The van der Waals surface area contributed by atoms with Gasteiger partial charge in [0.25, 0.3) is 0 Å². The van der Waals surface area contributed by atoms with Gasteiger partial charge in [-0.05, 0) is 35.9 Å². The van der Waals surface area contributed by atoms with Crippen LogP contribution < -0.4 is 5.32 Å². The summed E-state index contributed by atoms with van der Waals surface area (Å²) in [7, 11) is 0. The van der Waals surface area contributed by atoms with Crippen molar-refractivity contribution in [3.8, 4) is 6.07 Å². The maximum atomic E-state index is 13.6. The van der Waals surface area contributed by atoms with Crippen LogP contribution in [0.15, 0.2) is 42.5 Å². The summed E-state index contributed by atoms with van der Waals surface area (Å²) in [6.45, 7) is 0. The number of nitrogens with one attached hydrogen (secondary N) is 1.